The Morgan fingerprint density at radius 3 is 2.35 bits per heavy atom. The van der Waals surface area contributed by atoms with Crippen LogP contribution in [0.3, 0.4) is 0 Å². The van der Waals surface area contributed by atoms with Crippen molar-refractivity contribution in [2.75, 3.05) is 6.54 Å². The van der Waals surface area contributed by atoms with Crippen LogP contribution in [-0.2, 0) is 0 Å². The van der Waals surface area contributed by atoms with E-state index in [0.29, 0.717) is 17.1 Å². The second kappa shape index (κ2) is 8.00. The number of thiocarbonyl (C=S) groups is 1. The summed E-state index contributed by atoms with van der Waals surface area (Å²) in [5, 5.41) is 0. The van der Waals surface area contributed by atoms with E-state index in [1.54, 1.807) is 0 Å². The van der Waals surface area contributed by atoms with Gasteiger partial charge in [-0.15, -0.1) is 0 Å². The molecule has 0 radical (unpaired) electrons. The molecule has 1 amide bonds. The van der Waals surface area contributed by atoms with Crippen molar-refractivity contribution in [1.82, 2.24) is 4.90 Å². The van der Waals surface area contributed by atoms with E-state index in [0.717, 1.165) is 12.8 Å². The normalized spacial score (nSPS) is 12.2. The molecule has 1 aromatic carbocycles. The van der Waals surface area contributed by atoms with Crippen LogP contribution in [0.15, 0.2) is 30.3 Å². The van der Waals surface area contributed by atoms with Crippen molar-refractivity contribution in [1.29, 1.82) is 0 Å². The van der Waals surface area contributed by atoms with Gasteiger partial charge < -0.3 is 10.6 Å². The molecule has 0 saturated carbocycles. The second-order valence-electron chi connectivity index (χ2n) is 5.31. The molecule has 1 rings (SSSR count). The first-order valence-corrected chi connectivity index (χ1v) is 7.55. The van der Waals surface area contributed by atoms with E-state index in [2.05, 4.69) is 6.92 Å². The zero-order chi connectivity index (χ0) is 15.1. The maximum Gasteiger partial charge on any atom is 0.254 e. The van der Waals surface area contributed by atoms with Gasteiger partial charge in [0.2, 0.25) is 0 Å². The molecule has 0 spiro atoms. The third-order valence-electron chi connectivity index (χ3n) is 3.29. The number of benzene rings is 1. The third-order valence-corrected chi connectivity index (χ3v) is 3.53. The highest BCUT2D eigenvalue weighted by Crippen LogP contribution is 2.16. The van der Waals surface area contributed by atoms with Gasteiger partial charge in [-0.25, -0.2) is 0 Å². The van der Waals surface area contributed by atoms with Gasteiger partial charge in [0.25, 0.3) is 5.91 Å². The number of nitrogens with zero attached hydrogens (tertiary/aromatic N) is 1. The second-order valence-corrected chi connectivity index (χ2v) is 5.78. The quantitative estimate of drug-likeness (QED) is 0.785. The lowest BCUT2D eigenvalue weighted by Gasteiger charge is -2.34. The molecule has 0 aliphatic heterocycles. The molecule has 1 atom stereocenters. The van der Waals surface area contributed by atoms with Crippen molar-refractivity contribution in [2.45, 2.75) is 39.7 Å². The molecule has 0 aliphatic rings. The fraction of sp³-hybridized carbons (Fsp3) is 0.500. The Balaban J connectivity index is 3.04. The Morgan fingerprint density at radius 1 is 1.30 bits per heavy atom. The number of unbranched alkanes of at least 4 members (excludes halogenated alkanes) is 1. The lowest BCUT2D eigenvalue weighted by atomic mass is 10.0. The standard InChI is InChI=1S/C16H24N2OS/c1-4-5-11-18(14(12(2)3)15(17)20)16(19)13-9-7-6-8-10-13/h6-10,12,14H,4-5,11H2,1-3H3,(H2,17,20). The largest absolute Gasteiger partial charge is 0.392 e. The van der Waals surface area contributed by atoms with E-state index in [9.17, 15) is 4.79 Å². The summed E-state index contributed by atoms with van der Waals surface area (Å²) >= 11 is 5.17. The van der Waals surface area contributed by atoms with E-state index in [1.165, 1.54) is 0 Å². The fourth-order valence-electron chi connectivity index (χ4n) is 2.28. The van der Waals surface area contributed by atoms with Crippen molar-refractivity contribution in [3.63, 3.8) is 0 Å². The summed E-state index contributed by atoms with van der Waals surface area (Å²) in [7, 11) is 0. The predicted molar refractivity (Wildman–Crippen MR) is 87.8 cm³/mol. The summed E-state index contributed by atoms with van der Waals surface area (Å²) in [6, 6.07) is 9.12. The summed E-state index contributed by atoms with van der Waals surface area (Å²) in [4.78, 5) is 14.9. The smallest absolute Gasteiger partial charge is 0.254 e. The van der Waals surface area contributed by atoms with Crippen LogP contribution in [0.4, 0.5) is 0 Å². The summed E-state index contributed by atoms with van der Waals surface area (Å²) in [6.07, 6.45) is 1.98. The monoisotopic (exact) mass is 292 g/mol. The molecule has 2 N–H and O–H groups in total. The highest BCUT2D eigenvalue weighted by molar-refractivity contribution is 7.80. The summed E-state index contributed by atoms with van der Waals surface area (Å²) in [5.74, 6) is 0.211. The molecule has 0 fully saturated rings. The SMILES string of the molecule is CCCCN(C(=O)c1ccccc1)C(C(N)=S)C(C)C. The Labute approximate surface area is 127 Å². The number of amides is 1. The molecule has 0 bridgehead atoms. The first kappa shape index (κ1) is 16.6. The summed E-state index contributed by atoms with van der Waals surface area (Å²) in [6.45, 7) is 6.88. The number of rotatable bonds is 7. The van der Waals surface area contributed by atoms with E-state index in [1.807, 2.05) is 49.1 Å². The van der Waals surface area contributed by atoms with Crippen LogP contribution >= 0.6 is 12.2 Å². The van der Waals surface area contributed by atoms with Crippen molar-refractivity contribution in [3.8, 4) is 0 Å². The average molecular weight is 292 g/mol. The van der Waals surface area contributed by atoms with Gasteiger partial charge in [-0.1, -0.05) is 57.6 Å². The molecule has 20 heavy (non-hydrogen) atoms. The van der Waals surface area contributed by atoms with Crippen molar-refractivity contribution < 1.29 is 4.79 Å². The van der Waals surface area contributed by atoms with Gasteiger partial charge in [-0.05, 0) is 24.5 Å². The molecule has 1 aromatic rings. The maximum atomic E-state index is 12.7. The third kappa shape index (κ3) is 4.30. The van der Waals surface area contributed by atoms with Crippen LogP contribution in [0.25, 0.3) is 0 Å². The number of hydrogen-bond donors (Lipinski definition) is 1. The summed E-state index contributed by atoms with van der Waals surface area (Å²) < 4.78 is 0. The molecule has 0 aliphatic carbocycles. The maximum absolute atomic E-state index is 12.7. The highest BCUT2D eigenvalue weighted by atomic mass is 32.1. The van der Waals surface area contributed by atoms with Crippen molar-refractivity contribution >= 4 is 23.1 Å². The van der Waals surface area contributed by atoms with Crippen molar-refractivity contribution in [3.05, 3.63) is 35.9 Å². The molecule has 0 aromatic heterocycles. The van der Waals surface area contributed by atoms with Crippen molar-refractivity contribution in [2.24, 2.45) is 11.7 Å². The van der Waals surface area contributed by atoms with Gasteiger partial charge in [-0.2, -0.15) is 0 Å². The van der Waals surface area contributed by atoms with Gasteiger partial charge in [0.05, 0.1) is 11.0 Å². The van der Waals surface area contributed by atoms with E-state index in [-0.39, 0.29) is 17.9 Å². The molecule has 0 heterocycles. The van der Waals surface area contributed by atoms with Gasteiger partial charge in [0, 0.05) is 12.1 Å². The number of hydrogen-bond acceptors (Lipinski definition) is 2. The topological polar surface area (TPSA) is 46.3 Å². The highest BCUT2D eigenvalue weighted by Gasteiger charge is 2.28. The molecule has 4 heteroatoms. The summed E-state index contributed by atoms with van der Waals surface area (Å²) in [5.41, 5.74) is 6.55. The fourth-order valence-corrected chi connectivity index (χ4v) is 2.68. The number of carbonyl (C=O) groups is 1. The first-order chi connectivity index (χ1) is 9.49. The zero-order valence-corrected chi connectivity index (χ0v) is 13.3. The molecular formula is C16H24N2OS. The van der Waals surface area contributed by atoms with Crippen LogP contribution in [0.1, 0.15) is 44.0 Å². The Kier molecular flexibility index (Phi) is 6.65. The Morgan fingerprint density at radius 2 is 1.90 bits per heavy atom. The lowest BCUT2D eigenvalue weighted by Crippen LogP contribution is -2.50. The van der Waals surface area contributed by atoms with Crippen LogP contribution in [0, 0.1) is 5.92 Å². The molecular weight excluding hydrogens is 268 g/mol. The Hall–Kier alpha value is -1.42. The van der Waals surface area contributed by atoms with E-state index < -0.39 is 0 Å². The molecule has 0 saturated heterocycles. The minimum absolute atomic E-state index is 0.00514. The van der Waals surface area contributed by atoms with Crippen LogP contribution in [-0.4, -0.2) is 28.4 Å². The van der Waals surface area contributed by atoms with E-state index >= 15 is 0 Å². The first-order valence-electron chi connectivity index (χ1n) is 7.14. The van der Waals surface area contributed by atoms with Crippen LogP contribution in [0.5, 0.6) is 0 Å². The minimum Gasteiger partial charge on any atom is -0.392 e. The lowest BCUT2D eigenvalue weighted by molar-refractivity contribution is 0.0691. The predicted octanol–water partition coefficient (Wildman–Crippen LogP) is 3.24. The number of carbonyl (C=O) groups excluding carboxylic acids is 1. The van der Waals surface area contributed by atoms with Crippen LogP contribution < -0.4 is 5.73 Å². The van der Waals surface area contributed by atoms with E-state index in [4.69, 9.17) is 18.0 Å². The number of nitrogens with two attached hydrogens (primary N) is 1. The minimum atomic E-state index is -0.191. The molecule has 3 nitrogen and oxygen atoms in total. The van der Waals surface area contributed by atoms with Gasteiger partial charge in [-0.3, -0.25) is 4.79 Å². The molecule has 1 unspecified atom stereocenters. The Bertz CT molecular complexity index is 445. The van der Waals surface area contributed by atoms with Gasteiger partial charge in [0.15, 0.2) is 0 Å². The van der Waals surface area contributed by atoms with Gasteiger partial charge >= 0.3 is 0 Å². The molecule has 110 valence electrons. The van der Waals surface area contributed by atoms with Gasteiger partial charge in [0.1, 0.15) is 0 Å². The zero-order valence-electron chi connectivity index (χ0n) is 12.5. The van der Waals surface area contributed by atoms with Crippen LogP contribution in [0.2, 0.25) is 0 Å². The average Bonchev–Trinajstić information content (AvgIpc) is 2.42.